The number of carbonyl (C=O) groups is 2. The number of hydrogen-bond acceptors (Lipinski definition) is 2. The lowest BCUT2D eigenvalue weighted by molar-refractivity contribution is -0.146. The summed E-state index contributed by atoms with van der Waals surface area (Å²) >= 11 is 3.41. The van der Waals surface area contributed by atoms with Crippen LogP contribution in [0.1, 0.15) is 25.3 Å². The molecule has 0 unspecified atom stereocenters. The van der Waals surface area contributed by atoms with Gasteiger partial charge in [-0.05, 0) is 43.0 Å². The summed E-state index contributed by atoms with van der Waals surface area (Å²) in [6.45, 7) is 2.01. The van der Waals surface area contributed by atoms with Gasteiger partial charge >= 0.3 is 5.97 Å². The lowest BCUT2D eigenvalue weighted by atomic mass is 9.82. The number of benzene rings is 1. The molecule has 5 heteroatoms. The van der Waals surface area contributed by atoms with Gasteiger partial charge in [-0.3, -0.25) is 9.59 Å². The van der Waals surface area contributed by atoms with E-state index in [1.54, 1.807) is 0 Å². The van der Waals surface area contributed by atoms with Gasteiger partial charge in [0.2, 0.25) is 5.91 Å². The molecule has 21 heavy (non-hydrogen) atoms. The molecule has 0 aliphatic heterocycles. The van der Waals surface area contributed by atoms with Gasteiger partial charge in [0, 0.05) is 10.2 Å². The second kappa shape index (κ2) is 6.89. The second-order valence-corrected chi connectivity index (χ2v) is 6.05. The number of carbonyl (C=O) groups excluding carboxylic acids is 1. The van der Waals surface area contributed by atoms with Gasteiger partial charge in [0.15, 0.2) is 0 Å². The quantitative estimate of drug-likeness (QED) is 0.814. The maximum atomic E-state index is 12.4. The van der Waals surface area contributed by atoms with Crippen molar-refractivity contribution in [3.05, 3.63) is 40.4 Å². The highest BCUT2D eigenvalue weighted by Crippen LogP contribution is 2.28. The maximum absolute atomic E-state index is 12.4. The fourth-order valence-corrected chi connectivity index (χ4v) is 2.99. The van der Waals surface area contributed by atoms with E-state index in [0.717, 1.165) is 22.1 Å². The van der Waals surface area contributed by atoms with Crippen LogP contribution in [0.2, 0.25) is 0 Å². The predicted octanol–water partition coefficient (Wildman–Crippen LogP) is 3.62. The summed E-state index contributed by atoms with van der Waals surface area (Å²) in [5.74, 6) is -2.29. The van der Waals surface area contributed by atoms with Crippen molar-refractivity contribution in [3.63, 3.8) is 0 Å². The number of hydrogen-bond donors (Lipinski definition) is 2. The zero-order chi connectivity index (χ0) is 15.4. The fraction of sp³-hybridized carbons (Fsp3) is 0.375. The summed E-state index contributed by atoms with van der Waals surface area (Å²) in [4.78, 5) is 23.7. The van der Waals surface area contributed by atoms with Gasteiger partial charge in [0.25, 0.3) is 0 Å². The Bertz CT molecular complexity index is 583. The van der Waals surface area contributed by atoms with E-state index >= 15 is 0 Å². The van der Waals surface area contributed by atoms with Gasteiger partial charge in [-0.1, -0.05) is 35.0 Å². The Balaban J connectivity index is 2.17. The van der Waals surface area contributed by atoms with Gasteiger partial charge < -0.3 is 10.4 Å². The van der Waals surface area contributed by atoms with Crippen LogP contribution >= 0.6 is 15.9 Å². The molecule has 0 radical (unpaired) electrons. The Hall–Kier alpha value is -1.62. The number of amides is 1. The molecule has 2 N–H and O–H groups in total. The second-order valence-electron chi connectivity index (χ2n) is 5.14. The first-order chi connectivity index (χ1) is 10.0. The number of carboxylic acids is 1. The molecule has 0 saturated heterocycles. The molecule has 1 aliphatic carbocycles. The van der Waals surface area contributed by atoms with Crippen LogP contribution < -0.4 is 5.32 Å². The Morgan fingerprint density at radius 1 is 1.29 bits per heavy atom. The molecular formula is C16H18BrNO3. The monoisotopic (exact) mass is 351 g/mol. The first kappa shape index (κ1) is 15.8. The minimum Gasteiger partial charge on any atom is -0.481 e. The summed E-state index contributed by atoms with van der Waals surface area (Å²) in [7, 11) is 0. The third kappa shape index (κ3) is 3.73. The predicted molar refractivity (Wildman–Crippen MR) is 85.1 cm³/mol. The Kier molecular flexibility index (Phi) is 5.17. The van der Waals surface area contributed by atoms with Crippen molar-refractivity contribution < 1.29 is 14.7 Å². The number of anilines is 1. The van der Waals surface area contributed by atoms with Crippen LogP contribution in [-0.4, -0.2) is 17.0 Å². The molecule has 1 amide bonds. The summed E-state index contributed by atoms with van der Waals surface area (Å²) in [5, 5.41) is 12.1. The summed E-state index contributed by atoms with van der Waals surface area (Å²) in [6, 6.07) is 5.67. The molecule has 1 aliphatic rings. The largest absolute Gasteiger partial charge is 0.481 e. The number of aliphatic carboxylic acids is 1. The molecule has 1 aromatic carbocycles. The van der Waals surface area contributed by atoms with Crippen molar-refractivity contribution in [3.8, 4) is 0 Å². The van der Waals surface area contributed by atoms with E-state index in [0.29, 0.717) is 12.8 Å². The Morgan fingerprint density at radius 2 is 1.95 bits per heavy atom. The summed E-state index contributed by atoms with van der Waals surface area (Å²) in [6.07, 6.45) is 5.39. The highest BCUT2D eigenvalue weighted by Gasteiger charge is 2.34. The minimum atomic E-state index is -0.911. The molecular weight excluding hydrogens is 334 g/mol. The molecule has 0 saturated carbocycles. The third-order valence-electron chi connectivity index (χ3n) is 3.79. The highest BCUT2D eigenvalue weighted by atomic mass is 79.9. The first-order valence-electron chi connectivity index (χ1n) is 7.00. The number of nitrogens with one attached hydrogen (secondary N) is 1. The molecule has 0 fully saturated rings. The van der Waals surface area contributed by atoms with Gasteiger partial charge in [0.1, 0.15) is 0 Å². The van der Waals surface area contributed by atoms with Crippen molar-refractivity contribution in [1.29, 1.82) is 0 Å². The lowest BCUT2D eigenvalue weighted by Crippen LogP contribution is -2.34. The van der Waals surface area contributed by atoms with Crippen LogP contribution in [0, 0.1) is 11.8 Å². The average Bonchev–Trinajstić information content (AvgIpc) is 2.48. The van der Waals surface area contributed by atoms with E-state index in [1.165, 1.54) is 0 Å². The molecule has 0 aromatic heterocycles. The topological polar surface area (TPSA) is 66.4 Å². The van der Waals surface area contributed by atoms with Gasteiger partial charge in [-0.15, -0.1) is 0 Å². The summed E-state index contributed by atoms with van der Waals surface area (Å²) < 4.78 is 0.960. The molecule has 0 heterocycles. The van der Waals surface area contributed by atoms with Crippen molar-refractivity contribution >= 4 is 33.5 Å². The van der Waals surface area contributed by atoms with Crippen molar-refractivity contribution in [2.24, 2.45) is 11.8 Å². The van der Waals surface area contributed by atoms with Crippen molar-refractivity contribution in [1.82, 2.24) is 0 Å². The van der Waals surface area contributed by atoms with Crippen molar-refractivity contribution in [2.45, 2.75) is 26.2 Å². The van der Waals surface area contributed by atoms with E-state index in [4.69, 9.17) is 0 Å². The number of aryl methyl sites for hydroxylation is 1. The number of halogens is 1. The van der Waals surface area contributed by atoms with Crippen LogP contribution in [0.15, 0.2) is 34.8 Å². The van der Waals surface area contributed by atoms with Crippen molar-refractivity contribution in [2.75, 3.05) is 5.32 Å². The van der Waals surface area contributed by atoms with E-state index < -0.39 is 17.8 Å². The zero-order valence-corrected chi connectivity index (χ0v) is 13.4. The van der Waals surface area contributed by atoms with Gasteiger partial charge in [-0.2, -0.15) is 0 Å². The molecule has 0 bridgehead atoms. The van der Waals surface area contributed by atoms with E-state index in [9.17, 15) is 14.7 Å². The van der Waals surface area contributed by atoms with E-state index in [-0.39, 0.29) is 5.91 Å². The SMILES string of the molecule is CCc1cc(Br)ccc1NC(=O)[C@@H]1CC=CC[C@@H]1C(=O)O. The van der Waals surface area contributed by atoms with Gasteiger partial charge in [0.05, 0.1) is 11.8 Å². The number of rotatable bonds is 4. The maximum Gasteiger partial charge on any atom is 0.307 e. The lowest BCUT2D eigenvalue weighted by Gasteiger charge is -2.24. The zero-order valence-electron chi connectivity index (χ0n) is 11.8. The molecule has 1 aromatic rings. The Morgan fingerprint density at radius 3 is 2.57 bits per heavy atom. The normalized spacial score (nSPS) is 21.0. The van der Waals surface area contributed by atoms with Crippen LogP contribution in [0.5, 0.6) is 0 Å². The molecule has 4 nitrogen and oxygen atoms in total. The number of allylic oxidation sites excluding steroid dienone is 2. The standard InChI is InChI=1S/C16H18BrNO3/c1-2-10-9-11(17)7-8-14(10)18-15(19)12-5-3-4-6-13(12)16(20)21/h3-4,7-9,12-13H,2,5-6H2,1H3,(H,18,19)(H,20,21)/t12-,13+/m1/s1. The average molecular weight is 352 g/mol. The van der Waals surface area contributed by atoms with E-state index in [2.05, 4.69) is 21.2 Å². The smallest absolute Gasteiger partial charge is 0.307 e. The molecule has 112 valence electrons. The first-order valence-corrected chi connectivity index (χ1v) is 7.79. The molecule has 0 spiro atoms. The van der Waals surface area contributed by atoms with E-state index in [1.807, 2.05) is 37.3 Å². The Labute approximate surface area is 132 Å². The summed E-state index contributed by atoms with van der Waals surface area (Å²) in [5.41, 5.74) is 1.78. The van der Waals surface area contributed by atoms with Crippen LogP contribution in [0.3, 0.4) is 0 Å². The highest BCUT2D eigenvalue weighted by molar-refractivity contribution is 9.10. The number of carboxylic acid groups (broad SMARTS) is 1. The van der Waals surface area contributed by atoms with Crippen LogP contribution in [0.4, 0.5) is 5.69 Å². The molecule has 2 atom stereocenters. The molecule has 2 rings (SSSR count). The fourth-order valence-electron chi connectivity index (χ4n) is 2.58. The minimum absolute atomic E-state index is 0.219. The third-order valence-corrected chi connectivity index (χ3v) is 4.29. The van der Waals surface area contributed by atoms with Crippen LogP contribution in [0.25, 0.3) is 0 Å². The van der Waals surface area contributed by atoms with Gasteiger partial charge in [-0.25, -0.2) is 0 Å². The van der Waals surface area contributed by atoms with Crippen LogP contribution in [-0.2, 0) is 16.0 Å².